The number of methoxy groups -OCH3 is 1. The molecular formula is C16H19N3O3. The SMILES string of the molecule is COC(=O)c1ccc(CNC(=O)C[C@H](C)n2ccnc2)cc1. The lowest BCUT2D eigenvalue weighted by atomic mass is 10.1. The zero-order chi connectivity index (χ0) is 15.9. The van der Waals surface area contributed by atoms with Crippen molar-refractivity contribution in [2.45, 2.75) is 25.9 Å². The van der Waals surface area contributed by atoms with Crippen molar-refractivity contribution < 1.29 is 14.3 Å². The quantitative estimate of drug-likeness (QED) is 0.828. The Hall–Kier alpha value is -2.63. The first-order valence-electron chi connectivity index (χ1n) is 7.01. The van der Waals surface area contributed by atoms with Gasteiger partial charge in [0.25, 0.3) is 0 Å². The summed E-state index contributed by atoms with van der Waals surface area (Å²) in [6, 6.07) is 7.02. The molecule has 0 unspecified atom stereocenters. The van der Waals surface area contributed by atoms with E-state index in [1.165, 1.54) is 7.11 Å². The van der Waals surface area contributed by atoms with E-state index >= 15 is 0 Å². The molecule has 116 valence electrons. The first-order valence-corrected chi connectivity index (χ1v) is 7.01. The largest absolute Gasteiger partial charge is 0.465 e. The van der Waals surface area contributed by atoms with E-state index in [-0.39, 0.29) is 17.9 Å². The van der Waals surface area contributed by atoms with E-state index in [0.29, 0.717) is 18.5 Å². The van der Waals surface area contributed by atoms with Crippen LogP contribution in [0, 0.1) is 0 Å². The Labute approximate surface area is 129 Å². The molecule has 0 spiro atoms. The van der Waals surface area contributed by atoms with E-state index in [0.717, 1.165) is 5.56 Å². The van der Waals surface area contributed by atoms with E-state index in [1.807, 2.05) is 17.7 Å². The number of imidazole rings is 1. The molecule has 1 amide bonds. The number of carbonyl (C=O) groups is 2. The van der Waals surface area contributed by atoms with E-state index in [1.54, 1.807) is 36.8 Å². The van der Waals surface area contributed by atoms with Crippen LogP contribution in [0.4, 0.5) is 0 Å². The molecule has 2 aromatic rings. The van der Waals surface area contributed by atoms with Gasteiger partial charge in [0.15, 0.2) is 0 Å². The van der Waals surface area contributed by atoms with Crippen LogP contribution in [0.5, 0.6) is 0 Å². The molecule has 0 aliphatic rings. The average Bonchev–Trinajstić information content (AvgIpc) is 3.07. The van der Waals surface area contributed by atoms with Crippen LogP contribution in [0.15, 0.2) is 43.0 Å². The third-order valence-corrected chi connectivity index (χ3v) is 3.38. The second kappa shape index (κ2) is 7.40. The van der Waals surface area contributed by atoms with Crippen molar-refractivity contribution >= 4 is 11.9 Å². The molecule has 0 saturated heterocycles. The summed E-state index contributed by atoms with van der Waals surface area (Å²) in [6.45, 7) is 2.39. The summed E-state index contributed by atoms with van der Waals surface area (Å²) in [6.07, 6.45) is 5.61. The molecule has 1 atom stereocenters. The minimum Gasteiger partial charge on any atom is -0.465 e. The molecule has 0 saturated carbocycles. The fourth-order valence-electron chi connectivity index (χ4n) is 2.05. The van der Waals surface area contributed by atoms with Crippen LogP contribution in [0.1, 0.15) is 35.3 Å². The van der Waals surface area contributed by atoms with Crippen molar-refractivity contribution in [3.8, 4) is 0 Å². The molecule has 2 rings (SSSR count). The molecule has 6 nitrogen and oxygen atoms in total. The second-order valence-electron chi connectivity index (χ2n) is 5.03. The Morgan fingerprint density at radius 1 is 1.32 bits per heavy atom. The van der Waals surface area contributed by atoms with Crippen molar-refractivity contribution in [2.24, 2.45) is 0 Å². The smallest absolute Gasteiger partial charge is 0.337 e. The lowest BCUT2D eigenvalue weighted by Gasteiger charge is -2.13. The summed E-state index contributed by atoms with van der Waals surface area (Å²) in [5.74, 6) is -0.400. The summed E-state index contributed by atoms with van der Waals surface area (Å²) in [4.78, 5) is 27.2. The fraction of sp³-hybridized carbons (Fsp3) is 0.312. The monoisotopic (exact) mass is 301 g/mol. The summed E-state index contributed by atoms with van der Waals surface area (Å²) < 4.78 is 6.53. The third kappa shape index (κ3) is 4.18. The number of amides is 1. The van der Waals surface area contributed by atoms with Crippen molar-refractivity contribution in [1.82, 2.24) is 14.9 Å². The van der Waals surface area contributed by atoms with Crippen molar-refractivity contribution in [3.05, 3.63) is 54.1 Å². The highest BCUT2D eigenvalue weighted by Crippen LogP contribution is 2.10. The number of benzene rings is 1. The van der Waals surface area contributed by atoms with Gasteiger partial charge in [0.05, 0.1) is 19.0 Å². The average molecular weight is 301 g/mol. The van der Waals surface area contributed by atoms with Gasteiger partial charge in [-0.05, 0) is 24.6 Å². The lowest BCUT2D eigenvalue weighted by molar-refractivity contribution is -0.121. The molecule has 0 aliphatic carbocycles. The van der Waals surface area contributed by atoms with Gasteiger partial charge in [-0.15, -0.1) is 0 Å². The number of rotatable bonds is 6. The zero-order valence-electron chi connectivity index (χ0n) is 12.7. The van der Waals surface area contributed by atoms with Gasteiger partial charge < -0.3 is 14.6 Å². The number of nitrogens with zero attached hydrogens (tertiary/aromatic N) is 2. The van der Waals surface area contributed by atoms with Crippen LogP contribution < -0.4 is 5.32 Å². The van der Waals surface area contributed by atoms with Gasteiger partial charge in [-0.3, -0.25) is 4.79 Å². The summed E-state index contributed by atoms with van der Waals surface area (Å²) >= 11 is 0. The van der Waals surface area contributed by atoms with Gasteiger partial charge in [-0.1, -0.05) is 12.1 Å². The van der Waals surface area contributed by atoms with Gasteiger partial charge in [-0.2, -0.15) is 0 Å². The maximum atomic E-state index is 11.9. The third-order valence-electron chi connectivity index (χ3n) is 3.38. The molecule has 1 N–H and O–H groups in total. The molecule has 0 aliphatic heterocycles. The Kier molecular flexibility index (Phi) is 5.30. The number of hydrogen-bond acceptors (Lipinski definition) is 4. The Balaban J connectivity index is 1.82. The van der Waals surface area contributed by atoms with E-state index in [9.17, 15) is 9.59 Å². The summed E-state index contributed by atoms with van der Waals surface area (Å²) in [7, 11) is 1.35. The summed E-state index contributed by atoms with van der Waals surface area (Å²) in [5.41, 5.74) is 1.42. The van der Waals surface area contributed by atoms with Crippen LogP contribution in [-0.2, 0) is 16.1 Å². The van der Waals surface area contributed by atoms with Gasteiger partial charge in [-0.25, -0.2) is 9.78 Å². The maximum absolute atomic E-state index is 11.9. The van der Waals surface area contributed by atoms with E-state index in [2.05, 4.69) is 15.0 Å². The topological polar surface area (TPSA) is 73.2 Å². The highest BCUT2D eigenvalue weighted by molar-refractivity contribution is 5.89. The van der Waals surface area contributed by atoms with Crippen molar-refractivity contribution in [1.29, 1.82) is 0 Å². The van der Waals surface area contributed by atoms with Gasteiger partial charge in [0, 0.05) is 31.4 Å². The Bertz CT molecular complexity index is 621. The molecule has 6 heteroatoms. The Morgan fingerprint density at radius 2 is 2.05 bits per heavy atom. The van der Waals surface area contributed by atoms with Crippen molar-refractivity contribution in [2.75, 3.05) is 7.11 Å². The van der Waals surface area contributed by atoms with E-state index in [4.69, 9.17) is 0 Å². The lowest BCUT2D eigenvalue weighted by Crippen LogP contribution is -2.25. The normalized spacial score (nSPS) is 11.7. The molecule has 22 heavy (non-hydrogen) atoms. The molecule has 0 bridgehead atoms. The van der Waals surface area contributed by atoms with Crippen molar-refractivity contribution in [3.63, 3.8) is 0 Å². The minimum atomic E-state index is -0.371. The number of aromatic nitrogens is 2. The zero-order valence-corrected chi connectivity index (χ0v) is 12.7. The molecule has 1 aromatic carbocycles. The van der Waals surface area contributed by atoms with Crippen LogP contribution >= 0.6 is 0 Å². The second-order valence-corrected chi connectivity index (χ2v) is 5.03. The first-order chi connectivity index (χ1) is 10.6. The van der Waals surface area contributed by atoms with Gasteiger partial charge in [0.2, 0.25) is 5.91 Å². The number of ether oxygens (including phenoxy) is 1. The maximum Gasteiger partial charge on any atom is 0.337 e. The van der Waals surface area contributed by atoms with E-state index < -0.39 is 0 Å². The van der Waals surface area contributed by atoms with Crippen LogP contribution in [0.3, 0.4) is 0 Å². The molecular weight excluding hydrogens is 282 g/mol. The molecule has 1 heterocycles. The standard InChI is InChI=1S/C16H19N3O3/c1-12(19-8-7-17-11-19)9-15(20)18-10-13-3-5-14(6-4-13)16(21)22-2/h3-8,11-12H,9-10H2,1-2H3,(H,18,20)/t12-/m0/s1. The number of nitrogens with one attached hydrogen (secondary N) is 1. The van der Waals surface area contributed by atoms with Crippen LogP contribution in [-0.4, -0.2) is 28.5 Å². The fourth-order valence-corrected chi connectivity index (χ4v) is 2.05. The Morgan fingerprint density at radius 3 is 2.64 bits per heavy atom. The van der Waals surface area contributed by atoms with Gasteiger partial charge in [0.1, 0.15) is 0 Å². The van der Waals surface area contributed by atoms with Crippen LogP contribution in [0.25, 0.3) is 0 Å². The number of esters is 1. The number of hydrogen-bond donors (Lipinski definition) is 1. The first kappa shape index (κ1) is 15.8. The van der Waals surface area contributed by atoms with Crippen LogP contribution in [0.2, 0.25) is 0 Å². The predicted molar refractivity (Wildman–Crippen MR) is 81.2 cm³/mol. The molecule has 0 fully saturated rings. The minimum absolute atomic E-state index is 0.0294. The summed E-state index contributed by atoms with van der Waals surface area (Å²) in [5, 5.41) is 2.87. The van der Waals surface area contributed by atoms with Gasteiger partial charge >= 0.3 is 5.97 Å². The predicted octanol–water partition coefficient (Wildman–Crippen LogP) is 1.94. The highest BCUT2D eigenvalue weighted by atomic mass is 16.5. The molecule has 1 aromatic heterocycles. The highest BCUT2D eigenvalue weighted by Gasteiger charge is 2.10. The molecule has 0 radical (unpaired) electrons. The number of carbonyl (C=O) groups excluding carboxylic acids is 2.